The van der Waals surface area contributed by atoms with Gasteiger partial charge in [-0.05, 0) is 92.8 Å². The average Bonchev–Trinajstić information content (AvgIpc) is 3.21. The van der Waals surface area contributed by atoms with E-state index in [-0.39, 0.29) is 12.3 Å². The molecule has 0 amide bonds. The zero-order valence-electron chi connectivity index (χ0n) is 20.3. The molecule has 0 spiro atoms. The maximum absolute atomic E-state index is 14.5. The monoisotopic (exact) mass is 536 g/mol. The van der Waals surface area contributed by atoms with Crippen molar-refractivity contribution in [3.8, 4) is 0 Å². The first-order valence-corrected chi connectivity index (χ1v) is 12.9. The third kappa shape index (κ3) is 3.90. The Morgan fingerprint density at radius 3 is 1.58 bits per heavy atom. The Morgan fingerprint density at radius 2 is 1.19 bits per heavy atom. The maximum atomic E-state index is 14.5. The number of fused-ring (bicyclic) bond motifs is 2. The Hall–Kier alpha value is -0.710. The van der Waals surface area contributed by atoms with Gasteiger partial charge in [0.1, 0.15) is 6.79 Å². The van der Waals surface area contributed by atoms with Gasteiger partial charge in [-0.25, -0.2) is 0 Å². The van der Waals surface area contributed by atoms with Crippen LogP contribution in [0.1, 0.15) is 71.6 Å². The van der Waals surface area contributed by atoms with E-state index in [0.717, 1.165) is 19.3 Å². The highest BCUT2D eigenvalue weighted by Gasteiger charge is 2.79. The van der Waals surface area contributed by atoms with Crippen molar-refractivity contribution in [1.29, 1.82) is 0 Å². The molecule has 36 heavy (non-hydrogen) atoms. The Labute approximate surface area is 204 Å². The van der Waals surface area contributed by atoms with Crippen LogP contribution in [-0.4, -0.2) is 36.5 Å². The summed E-state index contributed by atoms with van der Waals surface area (Å²) in [6, 6.07) is 0. The van der Waals surface area contributed by atoms with Gasteiger partial charge in [0.2, 0.25) is 0 Å². The third-order valence-electron chi connectivity index (χ3n) is 10.8. The summed E-state index contributed by atoms with van der Waals surface area (Å²) in [5.74, 6) is -1.79. The first-order valence-electron chi connectivity index (χ1n) is 12.9. The van der Waals surface area contributed by atoms with Gasteiger partial charge in [0.05, 0.1) is 11.0 Å². The van der Waals surface area contributed by atoms with Crippen LogP contribution in [0.3, 0.4) is 0 Å². The molecule has 0 N–H and O–H groups in total. The summed E-state index contributed by atoms with van der Waals surface area (Å²) in [7, 11) is 0. The molecule has 5 atom stereocenters. The van der Waals surface area contributed by atoms with Gasteiger partial charge >= 0.3 is 18.5 Å². The molecule has 0 aromatic carbocycles. The Morgan fingerprint density at radius 1 is 0.694 bits per heavy atom. The van der Waals surface area contributed by atoms with Crippen LogP contribution in [0.4, 0.5) is 39.5 Å². The van der Waals surface area contributed by atoms with Gasteiger partial charge in [-0.2, -0.15) is 39.5 Å². The second kappa shape index (κ2) is 8.15. The summed E-state index contributed by atoms with van der Waals surface area (Å²) >= 11 is 0. The molecule has 0 radical (unpaired) electrons. The van der Waals surface area contributed by atoms with E-state index in [2.05, 4.69) is 4.74 Å². The molecule has 6 rings (SSSR count). The SMILES string of the molecule is CC1C2CC(C1C)C(CC(OCOC13CC4CC(CC(C4)C1)C3)(C(F)(F)F)C(F)(F)F)(C(F)(F)F)C2. The maximum Gasteiger partial charge on any atom is 0.426 e. The Kier molecular flexibility index (Phi) is 6.08. The van der Waals surface area contributed by atoms with Gasteiger partial charge in [-0.1, -0.05) is 13.8 Å². The highest BCUT2D eigenvalue weighted by molar-refractivity contribution is 5.13. The summed E-state index contributed by atoms with van der Waals surface area (Å²) in [5, 5.41) is 0. The molecule has 6 aliphatic carbocycles. The third-order valence-corrected chi connectivity index (χ3v) is 10.8. The first-order chi connectivity index (χ1) is 16.4. The lowest BCUT2D eigenvalue weighted by Gasteiger charge is -2.56. The minimum absolute atomic E-state index is 0.0303. The van der Waals surface area contributed by atoms with Gasteiger partial charge in [0.25, 0.3) is 5.60 Å². The van der Waals surface area contributed by atoms with E-state index < -0.39 is 72.5 Å². The highest BCUT2D eigenvalue weighted by Crippen LogP contribution is 2.70. The topological polar surface area (TPSA) is 18.5 Å². The summed E-state index contributed by atoms with van der Waals surface area (Å²) in [4.78, 5) is 0. The van der Waals surface area contributed by atoms with Crippen LogP contribution < -0.4 is 0 Å². The molecule has 0 saturated heterocycles. The minimum atomic E-state index is -6.11. The van der Waals surface area contributed by atoms with Gasteiger partial charge in [-0.15, -0.1) is 0 Å². The molecule has 6 saturated carbocycles. The van der Waals surface area contributed by atoms with E-state index in [1.165, 1.54) is 6.92 Å². The molecular weight excluding hydrogens is 503 g/mol. The minimum Gasteiger partial charge on any atom is -0.349 e. The molecule has 2 nitrogen and oxygen atoms in total. The number of hydrogen-bond acceptors (Lipinski definition) is 2. The number of alkyl halides is 9. The molecule has 5 unspecified atom stereocenters. The van der Waals surface area contributed by atoms with Crippen LogP contribution in [-0.2, 0) is 9.47 Å². The van der Waals surface area contributed by atoms with Crippen molar-refractivity contribution < 1.29 is 49.0 Å². The standard InChI is InChI=1S/C25H33F9O2/c1-13-14(2)19-6-18(13)10-21(19,23(26,27)28)11-22(24(29,30)31,25(32,33)34)36-12-35-20-7-15-3-16(8-20)5-17(4-15)9-20/h13-19H,3-12H2,1-2H3. The number of rotatable bonds is 6. The van der Waals surface area contributed by atoms with Crippen LogP contribution in [0.2, 0.25) is 0 Å². The number of hydrogen-bond donors (Lipinski definition) is 0. The second-order valence-corrected chi connectivity index (χ2v) is 12.7. The lowest BCUT2D eigenvalue weighted by atomic mass is 9.54. The summed E-state index contributed by atoms with van der Waals surface area (Å²) in [6.45, 7) is 1.88. The fraction of sp³-hybridized carbons (Fsp3) is 1.00. The van der Waals surface area contributed by atoms with Crippen LogP contribution in [0.5, 0.6) is 0 Å². The molecule has 208 valence electrons. The molecule has 0 aromatic rings. The van der Waals surface area contributed by atoms with Gasteiger partial charge in [-0.3, -0.25) is 0 Å². The number of ether oxygens (including phenoxy) is 2. The normalized spacial score (nSPS) is 44.6. The Bertz CT molecular complexity index is 797. The van der Waals surface area contributed by atoms with Crippen LogP contribution >= 0.6 is 0 Å². The van der Waals surface area contributed by atoms with Crippen LogP contribution in [0.25, 0.3) is 0 Å². The fourth-order valence-electron chi connectivity index (χ4n) is 9.28. The van der Waals surface area contributed by atoms with Gasteiger partial charge < -0.3 is 9.47 Å². The van der Waals surface area contributed by atoms with Crippen molar-refractivity contribution >= 4 is 0 Å². The summed E-state index contributed by atoms with van der Waals surface area (Å²) < 4.78 is 140. The second-order valence-electron chi connectivity index (χ2n) is 12.7. The van der Waals surface area contributed by atoms with E-state index in [0.29, 0.717) is 37.0 Å². The molecule has 0 aromatic heterocycles. The highest BCUT2D eigenvalue weighted by atomic mass is 19.4. The molecule has 0 heterocycles. The van der Waals surface area contributed by atoms with Crippen molar-refractivity contribution in [3.05, 3.63) is 0 Å². The zero-order chi connectivity index (χ0) is 26.5. The van der Waals surface area contributed by atoms with E-state index in [4.69, 9.17) is 4.74 Å². The fourth-order valence-corrected chi connectivity index (χ4v) is 9.28. The molecular formula is C25H33F9O2. The quantitative estimate of drug-likeness (QED) is 0.253. The van der Waals surface area contributed by atoms with Crippen LogP contribution in [0.15, 0.2) is 0 Å². The van der Waals surface area contributed by atoms with Crippen molar-refractivity contribution in [2.45, 2.75) is 101 Å². The number of halogens is 9. The molecule has 6 fully saturated rings. The molecule has 11 heteroatoms. The van der Waals surface area contributed by atoms with E-state index in [9.17, 15) is 39.5 Å². The van der Waals surface area contributed by atoms with Crippen molar-refractivity contribution in [1.82, 2.24) is 0 Å². The largest absolute Gasteiger partial charge is 0.426 e. The predicted octanol–water partition coefficient (Wildman–Crippen LogP) is 8.06. The molecule has 0 aliphatic heterocycles. The average molecular weight is 537 g/mol. The van der Waals surface area contributed by atoms with E-state index in [1.807, 2.05) is 0 Å². The van der Waals surface area contributed by atoms with Crippen molar-refractivity contribution in [2.75, 3.05) is 6.79 Å². The van der Waals surface area contributed by atoms with Gasteiger partial charge in [0.15, 0.2) is 0 Å². The summed E-state index contributed by atoms with van der Waals surface area (Å²) in [6.07, 6.45) is -15.9. The van der Waals surface area contributed by atoms with Crippen molar-refractivity contribution in [3.63, 3.8) is 0 Å². The summed E-state index contributed by atoms with van der Waals surface area (Å²) in [5.41, 5.74) is -8.95. The molecule has 6 aliphatic rings. The lowest BCUT2D eigenvalue weighted by molar-refractivity contribution is -0.417. The smallest absolute Gasteiger partial charge is 0.349 e. The molecule has 6 bridgehead atoms. The first kappa shape index (κ1) is 26.9. The lowest BCUT2D eigenvalue weighted by Crippen LogP contribution is -2.64. The zero-order valence-corrected chi connectivity index (χ0v) is 20.3. The van der Waals surface area contributed by atoms with E-state index in [1.54, 1.807) is 6.92 Å². The Balaban J connectivity index is 1.44. The van der Waals surface area contributed by atoms with Gasteiger partial charge in [0, 0.05) is 6.42 Å². The van der Waals surface area contributed by atoms with Crippen molar-refractivity contribution in [2.24, 2.45) is 46.8 Å². The predicted molar refractivity (Wildman–Crippen MR) is 110 cm³/mol. The van der Waals surface area contributed by atoms with E-state index >= 15 is 0 Å². The van der Waals surface area contributed by atoms with Crippen LogP contribution in [0, 0.1) is 46.8 Å².